The fourth-order valence-corrected chi connectivity index (χ4v) is 2.59. The fraction of sp³-hybridized carbons (Fsp3) is 0.300. The number of hydrogen-bond donors (Lipinski definition) is 0. The number of hydrogen-bond acceptors (Lipinski definition) is 0. The molecule has 0 heterocycles. The summed E-state index contributed by atoms with van der Waals surface area (Å²) in [6, 6.07) is 9.12. The molecule has 0 amide bonds. The summed E-state index contributed by atoms with van der Waals surface area (Å²) in [5, 5.41) is 0. The Labute approximate surface area is 139 Å². The van der Waals surface area contributed by atoms with Crippen LogP contribution >= 0.6 is 0 Å². The highest BCUT2D eigenvalue weighted by atomic mass is 19.2. The van der Waals surface area contributed by atoms with Crippen molar-refractivity contribution in [1.82, 2.24) is 0 Å². The van der Waals surface area contributed by atoms with Crippen LogP contribution in [0.2, 0.25) is 0 Å². The number of benzene rings is 2. The Hall–Kier alpha value is -2.10. The lowest BCUT2D eigenvalue weighted by atomic mass is 10.00. The van der Waals surface area contributed by atoms with Crippen molar-refractivity contribution < 1.29 is 17.6 Å². The molecule has 2 rings (SSSR count). The van der Waals surface area contributed by atoms with Gasteiger partial charge in [0, 0.05) is 11.1 Å². The highest BCUT2D eigenvalue weighted by Gasteiger charge is 2.11. The van der Waals surface area contributed by atoms with E-state index in [9.17, 15) is 17.6 Å². The minimum atomic E-state index is -0.878. The third kappa shape index (κ3) is 4.47. The van der Waals surface area contributed by atoms with Gasteiger partial charge in [-0.25, -0.2) is 17.6 Å². The second-order valence-corrected chi connectivity index (χ2v) is 5.83. The van der Waals surface area contributed by atoms with E-state index in [1.54, 1.807) is 12.1 Å². The van der Waals surface area contributed by atoms with Gasteiger partial charge < -0.3 is 0 Å². The van der Waals surface area contributed by atoms with E-state index in [1.807, 2.05) is 6.92 Å². The van der Waals surface area contributed by atoms with Crippen molar-refractivity contribution in [2.75, 3.05) is 0 Å². The van der Waals surface area contributed by atoms with Crippen LogP contribution in [0.1, 0.15) is 42.5 Å². The third-order valence-corrected chi connectivity index (χ3v) is 3.91. The molecule has 0 radical (unpaired) electrons. The normalized spacial score (nSPS) is 12.2. The maximum atomic E-state index is 13.9. The van der Waals surface area contributed by atoms with Crippen LogP contribution in [0.3, 0.4) is 0 Å². The summed E-state index contributed by atoms with van der Waals surface area (Å²) in [6.45, 7) is 2.94. The molecule has 0 fully saturated rings. The van der Waals surface area contributed by atoms with Crippen molar-refractivity contribution in [3.05, 3.63) is 76.1 Å². The van der Waals surface area contributed by atoms with Crippen LogP contribution in [0.5, 0.6) is 0 Å². The smallest absolute Gasteiger partial charge is 0.161 e. The SMILES string of the molecule is CCCc1c(F)cc(CCc2ccc(/C(F)=C(/C)F)cc2)cc1F. The van der Waals surface area contributed by atoms with Gasteiger partial charge in [0.05, 0.1) is 0 Å². The first-order valence-corrected chi connectivity index (χ1v) is 8.00. The van der Waals surface area contributed by atoms with E-state index in [1.165, 1.54) is 24.3 Å². The molecular weight excluding hydrogens is 316 g/mol. The molecule has 2 aromatic carbocycles. The summed E-state index contributed by atoms with van der Waals surface area (Å²) in [5.41, 5.74) is 1.79. The molecule has 0 bridgehead atoms. The summed E-state index contributed by atoms with van der Waals surface area (Å²) in [5.74, 6) is -2.75. The summed E-state index contributed by atoms with van der Waals surface area (Å²) in [7, 11) is 0. The molecule has 0 N–H and O–H groups in total. The van der Waals surface area contributed by atoms with Gasteiger partial charge in [-0.3, -0.25) is 0 Å². The Kier molecular flexibility index (Phi) is 6.18. The first-order valence-electron chi connectivity index (χ1n) is 8.00. The molecule has 0 spiro atoms. The number of halogens is 4. The van der Waals surface area contributed by atoms with Crippen molar-refractivity contribution in [3.63, 3.8) is 0 Å². The molecule has 0 aliphatic rings. The molecule has 0 aromatic heterocycles. The van der Waals surface area contributed by atoms with Crippen LogP contribution in [0.25, 0.3) is 5.83 Å². The van der Waals surface area contributed by atoms with Crippen molar-refractivity contribution in [3.8, 4) is 0 Å². The molecule has 128 valence electrons. The van der Waals surface area contributed by atoms with E-state index < -0.39 is 23.3 Å². The highest BCUT2D eigenvalue weighted by molar-refractivity contribution is 5.60. The molecule has 24 heavy (non-hydrogen) atoms. The molecule has 0 saturated carbocycles. The highest BCUT2D eigenvalue weighted by Crippen LogP contribution is 2.22. The van der Waals surface area contributed by atoms with Gasteiger partial charge in [0.15, 0.2) is 5.83 Å². The topological polar surface area (TPSA) is 0 Å². The predicted molar refractivity (Wildman–Crippen MR) is 89.0 cm³/mol. The van der Waals surface area contributed by atoms with Gasteiger partial charge in [-0.2, -0.15) is 0 Å². The molecule has 0 atom stereocenters. The number of allylic oxidation sites excluding steroid dienone is 1. The zero-order valence-corrected chi connectivity index (χ0v) is 13.8. The second kappa shape index (κ2) is 8.13. The summed E-state index contributed by atoms with van der Waals surface area (Å²) >= 11 is 0. The molecule has 4 heteroatoms. The average Bonchev–Trinajstić information content (AvgIpc) is 2.56. The molecule has 0 unspecified atom stereocenters. The Bertz CT molecular complexity index is 703. The Morgan fingerprint density at radius 2 is 1.38 bits per heavy atom. The van der Waals surface area contributed by atoms with Gasteiger partial charge in [0.2, 0.25) is 0 Å². The number of rotatable bonds is 6. The van der Waals surface area contributed by atoms with Crippen LogP contribution in [-0.4, -0.2) is 0 Å². The van der Waals surface area contributed by atoms with Crippen LogP contribution in [0.4, 0.5) is 17.6 Å². The first kappa shape index (κ1) is 18.2. The van der Waals surface area contributed by atoms with E-state index in [2.05, 4.69) is 0 Å². The average molecular weight is 336 g/mol. The largest absolute Gasteiger partial charge is 0.209 e. The van der Waals surface area contributed by atoms with Crippen LogP contribution in [-0.2, 0) is 19.3 Å². The standard InChI is InChI=1S/C20H20F4/c1-3-4-17-18(22)11-15(12-19(17)23)6-5-14-7-9-16(10-8-14)20(24)13(2)21/h7-12H,3-6H2,1-2H3/b20-13+. The van der Waals surface area contributed by atoms with E-state index in [0.29, 0.717) is 31.2 Å². The molecule has 2 aromatic rings. The van der Waals surface area contributed by atoms with Crippen LogP contribution < -0.4 is 0 Å². The first-order chi connectivity index (χ1) is 11.4. The fourth-order valence-electron chi connectivity index (χ4n) is 2.59. The molecule has 0 aliphatic carbocycles. The van der Waals surface area contributed by atoms with Gasteiger partial charge in [-0.05, 0) is 49.4 Å². The minimum Gasteiger partial charge on any atom is -0.209 e. The molecule has 0 aliphatic heterocycles. The predicted octanol–water partition coefficient (Wildman–Crippen LogP) is 6.33. The quantitative estimate of drug-likeness (QED) is 0.541. The van der Waals surface area contributed by atoms with Gasteiger partial charge in [0.25, 0.3) is 0 Å². The lowest BCUT2D eigenvalue weighted by Gasteiger charge is -2.08. The van der Waals surface area contributed by atoms with Crippen LogP contribution in [0.15, 0.2) is 42.2 Å². The second-order valence-electron chi connectivity index (χ2n) is 5.83. The van der Waals surface area contributed by atoms with E-state index in [4.69, 9.17) is 0 Å². The Morgan fingerprint density at radius 3 is 1.88 bits per heavy atom. The summed E-state index contributed by atoms with van der Waals surface area (Å²) < 4.78 is 54.1. The maximum absolute atomic E-state index is 13.9. The van der Waals surface area contributed by atoms with Crippen molar-refractivity contribution in [2.45, 2.75) is 39.5 Å². The third-order valence-electron chi connectivity index (χ3n) is 3.91. The van der Waals surface area contributed by atoms with Crippen LogP contribution in [0, 0.1) is 11.6 Å². The van der Waals surface area contributed by atoms with Crippen molar-refractivity contribution >= 4 is 5.83 Å². The van der Waals surface area contributed by atoms with Crippen molar-refractivity contribution in [1.29, 1.82) is 0 Å². The molecular formula is C20H20F4. The minimum absolute atomic E-state index is 0.134. The van der Waals surface area contributed by atoms with E-state index in [0.717, 1.165) is 12.5 Å². The van der Waals surface area contributed by atoms with E-state index in [-0.39, 0.29) is 11.1 Å². The zero-order chi connectivity index (χ0) is 17.7. The lowest BCUT2D eigenvalue weighted by molar-refractivity contribution is 0.549. The summed E-state index contributed by atoms with van der Waals surface area (Å²) in [4.78, 5) is 0. The summed E-state index contributed by atoms with van der Waals surface area (Å²) in [6.07, 6.45) is 2.10. The Morgan fingerprint density at radius 1 is 0.833 bits per heavy atom. The molecule has 0 nitrogen and oxygen atoms in total. The van der Waals surface area contributed by atoms with Gasteiger partial charge >= 0.3 is 0 Å². The zero-order valence-electron chi connectivity index (χ0n) is 13.8. The van der Waals surface area contributed by atoms with E-state index >= 15 is 0 Å². The van der Waals surface area contributed by atoms with Crippen molar-refractivity contribution in [2.24, 2.45) is 0 Å². The molecule has 0 saturated heterocycles. The van der Waals surface area contributed by atoms with Gasteiger partial charge in [-0.15, -0.1) is 0 Å². The van der Waals surface area contributed by atoms with Gasteiger partial charge in [-0.1, -0.05) is 37.6 Å². The maximum Gasteiger partial charge on any atom is 0.161 e. The van der Waals surface area contributed by atoms with Gasteiger partial charge in [0.1, 0.15) is 17.5 Å². The lowest BCUT2D eigenvalue weighted by Crippen LogP contribution is -2.00. The number of aryl methyl sites for hydroxylation is 2. The monoisotopic (exact) mass is 336 g/mol. The Balaban J connectivity index is 2.07.